The quantitative estimate of drug-likeness (QED) is 0.850. The van der Waals surface area contributed by atoms with Crippen molar-refractivity contribution in [1.82, 2.24) is 5.32 Å². The number of hydrogen-bond donors (Lipinski definition) is 2. The Kier molecular flexibility index (Phi) is 5.19. The van der Waals surface area contributed by atoms with Crippen molar-refractivity contribution >= 4 is 23.3 Å². The normalized spacial score (nSPS) is 15.8. The van der Waals surface area contributed by atoms with Gasteiger partial charge in [-0.2, -0.15) is 0 Å². The number of urea groups is 1. The van der Waals surface area contributed by atoms with Crippen LogP contribution in [0.2, 0.25) is 0 Å². The highest BCUT2D eigenvalue weighted by Gasteiger charge is 2.22. The number of carbonyl (C=O) groups excluding carboxylic acids is 2. The molecule has 1 saturated heterocycles. The van der Waals surface area contributed by atoms with Crippen LogP contribution in [0.4, 0.5) is 16.2 Å². The van der Waals surface area contributed by atoms with Gasteiger partial charge in [0.25, 0.3) is 0 Å². The number of carbonyl (C=O) groups is 2. The minimum Gasteiger partial charge on any atom is -0.493 e. The van der Waals surface area contributed by atoms with Gasteiger partial charge in [-0.15, -0.1) is 0 Å². The number of ether oxygens (including phenoxy) is 1. The van der Waals surface area contributed by atoms with E-state index in [2.05, 4.69) is 16.7 Å². The molecule has 2 heterocycles. The van der Waals surface area contributed by atoms with E-state index in [0.717, 1.165) is 55.0 Å². The number of nitrogens with one attached hydrogen (secondary N) is 2. The Morgan fingerprint density at radius 2 is 2.04 bits per heavy atom. The first kappa shape index (κ1) is 18.3. The van der Waals surface area contributed by atoms with Crippen LogP contribution >= 0.6 is 0 Å². The molecule has 146 valence electrons. The third-order valence-corrected chi connectivity index (χ3v) is 5.28. The molecule has 28 heavy (non-hydrogen) atoms. The lowest BCUT2D eigenvalue weighted by molar-refractivity contribution is -0.117. The standard InChI is InChI=1S/C22H25N3O3/c1-15-6-8-18(25-10-2-5-21(25)26)13-19(15)24-22(27)23-14-16-7-9-20-17(12-16)4-3-11-28-20/h6-9,12-13H,2-5,10-11,14H2,1H3,(H2,23,24,27). The number of benzene rings is 2. The molecule has 6 heteroatoms. The average Bonchev–Trinajstić information content (AvgIpc) is 3.14. The fourth-order valence-electron chi connectivity index (χ4n) is 3.71. The van der Waals surface area contributed by atoms with Crippen LogP contribution < -0.4 is 20.3 Å². The van der Waals surface area contributed by atoms with E-state index in [1.54, 1.807) is 4.90 Å². The molecule has 6 nitrogen and oxygen atoms in total. The maximum atomic E-state index is 12.4. The molecule has 0 saturated carbocycles. The van der Waals surface area contributed by atoms with Gasteiger partial charge in [-0.1, -0.05) is 18.2 Å². The van der Waals surface area contributed by atoms with E-state index >= 15 is 0 Å². The largest absolute Gasteiger partial charge is 0.493 e. The summed E-state index contributed by atoms with van der Waals surface area (Å²) < 4.78 is 5.63. The average molecular weight is 379 g/mol. The maximum Gasteiger partial charge on any atom is 0.319 e. The van der Waals surface area contributed by atoms with Crippen LogP contribution in [0.5, 0.6) is 5.75 Å². The summed E-state index contributed by atoms with van der Waals surface area (Å²) in [5.74, 6) is 1.08. The third kappa shape index (κ3) is 3.96. The Labute approximate surface area is 164 Å². The Morgan fingerprint density at radius 3 is 2.86 bits per heavy atom. The van der Waals surface area contributed by atoms with E-state index in [0.29, 0.717) is 18.7 Å². The molecule has 0 atom stereocenters. The van der Waals surface area contributed by atoms with Crippen molar-refractivity contribution in [3.05, 3.63) is 53.1 Å². The minimum atomic E-state index is -0.262. The summed E-state index contributed by atoms with van der Waals surface area (Å²) >= 11 is 0. The molecule has 2 aromatic carbocycles. The van der Waals surface area contributed by atoms with Crippen LogP contribution in [0.3, 0.4) is 0 Å². The highest BCUT2D eigenvalue weighted by atomic mass is 16.5. The number of fused-ring (bicyclic) bond motifs is 1. The summed E-state index contributed by atoms with van der Waals surface area (Å²) in [7, 11) is 0. The van der Waals surface area contributed by atoms with E-state index in [1.807, 2.05) is 37.3 Å². The van der Waals surface area contributed by atoms with Gasteiger partial charge in [0, 0.05) is 30.9 Å². The predicted molar refractivity (Wildman–Crippen MR) is 109 cm³/mol. The lowest BCUT2D eigenvalue weighted by atomic mass is 10.0. The van der Waals surface area contributed by atoms with Gasteiger partial charge < -0.3 is 20.3 Å². The Morgan fingerprint density at radius 1 is 1.14 bits per heavy atom. The molecular formula is C22H25N3O3. The van der Waals surface area contributed by atoms with E-state index in [9.17, 15) is 9.59 Å². The predicted octanol–water partition coefficient (Wildman–Crippen LogP) is 3.77. The SMILES string of the molecule is Cc1ccc(N2CCCC2=O)cc1NC(=O)NCc1ccc2c(c1)CCCO2. The highest BCUT2D eigenvalue weighted by molar-refractivity contribution is 5.97. The lowest BCUT2D eigenvalue weighted by Gasteiger charge is -2.19. The van der Waals surface area contributed by atoms with Gasteiger partial charge in [-0.3, -0.25) is 4.79 Å². The summed E-state index contributed by atoms with van der Waals surface area (Å²) in [6.07, 6.45) is 3.50. The molecule has 0 aromatic heterocycles. The molecule has 0 radical (unpaired) electrons. The zero-order valence-electron chi connectivity index (χ0n) is 16.1. The number of nitrogens with zero attached hydrogens (tertiary/aromatic N) is 1. The summed E-state index contributed by atoms with van der Waals surface area (Å²) in [5, 5.41) is 5.82. The zero-order chi connectivity index (χ0) is 19.5. The van der Waals surface area contributed by atoms with E-state index < -0.39 is 0 Å². The Hall–Kier alpha value is -3.02. The first-order valence-electron chi connectivity index (χ1n) is 9.80. The lowest BCUT2D eigenvalue weighted by Crippen LogP contribution is -2.29. The van der Waals surface area contributed by atoms with Crippen molar-refractivity contribution in [1.29, 1.82) is 0 Å². The Balaban J connectivity index is 1.39. The molecule has 0 unspecified atom stereocenters. The monoisotopic (exact) mass is 379 g/mol. The van der Waals surface area contributed by atoms with Gasteiger partial charge in [0.1, 0.15) is 5.75 Å². The first-order valence-corrected chi connectivity index (χ1v) is 9.80. The smallest absolute Gasteiger partial charge is 0.319 e. The number of amides is 3. The van der Waals surface area contributed by atoms with Crippen molar-refractivity contribution in [2.75, 3.05) is 23.4 Å². The molecule has 3 amide bonds. The van der Waals surface area contributed by atoms with Crippen LogP contribution in [0.1, 0.15) is 36.0 Å². The molecule has 2 N–H and O–H groups in total. The topological polar surface area (TPSA) is 70.7 Å². The second kappa shape index (κ2) is 7.92. The van der Waals surface area contributed by atoms with Crippen LogP contribution in [-0.4, -0.2) is 25.1 Å². The van der Waals surface area contributed by atoms with Crippen molar-refractivity contribution in [2.24, 2.45) is 0 Å². The molecule has 2 aromatic rings. The van der Waals surface area contributed by atoms with Crippen molar-refractivity contribution < 1.29 is 14.3 Å². The van der Waals surface area contributed by atoms with Crippen LogP contribution in [0, 0.1) is 6.92 Å². The van der Waals surface area contributed by atoms with Gasteiger partial charge >= 0.3 is 6.03 Å². The molecular weight excluding hydrogens is 354 g/mol. The fourth-order valence-corrected chi connectivity index (χ4v) is 3.71. The second-order valence-corrected chi connectivity index (χ2v) is 7.35. The number of hydrogen-bond acceptors (Lipinski definition) is 3. The van der Waals surface area contributed by atoms with E-state index in [4.69, 9.17) is 4.74 Å². The minimum absolute atomic E-state index is 0.135. The summed E-state index contributed by atoms with van der Waals surface area (Å²) in [4.78, 5) is 26.1. The summed E-state index contributed by atoms with van der Waals surface area (Å²) in [5.41, 5.74) is 4.75. The molecule has 2 aliphatic rings. The molecule has 1 fully saturated rings. The van der Waals surface area contributed by atoms with Gasteiger partial charge in [-0.05, 0) is 61.1 Å². The highest BCUT2D eigenvalue weighted by Crippen LogP contribution is 2.27. The van der Waals surface area contributed by atoms with Gasteiger partial charge in [0.05, 0.1) is 6.61 Å². The molecule has 2 aliphatic heterocycles. The zero-order valence-corrected chi connectivity index (χ0v) is 16.1. The van der Waals surface area contributed by atoms with Crippen LogP contribution in [0.25, 0.3) is 0 Å². The Bertz CT molecular complexity index is 910. The first-order chi connectivity index (χ1) is 13.6. The molecule has 0 spiro atoms. The third-order valence-electron chi connectivity index (χ3n) is 5.28. The van der Waals surface area contributed by atoms with Crippen LogP contribution in [0.15, 0.2) is 36.4 Å². The molecule has 4 rings (SSSR count). The second-order valence-electron chi connectivity index (χ2n) is 7.35. The molecule has 0 bridgehead atoms. The van der Waals surface area contributed by atoms with Crippen molar-refractivity contribution in [3.8, 4) is 5.75 Å². The maximum absolute atomic E-state index is 12.4. The van der Waals surface area contributed by atoms with Gasteiger partial charge in [-0.25, -0.2) is 4.79 Å². The van der Waals surface area contributed by atoms with Crippen molar-refractivity contribution in [3.63, 3.8) is 0 Å². The fraction of sp³-hybridized carbons (Fsp3) is 0.364. The number of rotatable bonds is 4. The number of anilines is 2. The van der Waals surface area contributed by atoms with Crippen molar-refractivity contribution in [2.45, 2.75) is 39.2 Å². The summed E-state index contributed by atoms with van der Waals surface area (Å²) in [6, 6.07) is 11.5. The van der Waals surface area contributed by atoms with Gasteiger partial charge in [0.2, 0.25) is 5.91 Å². The summed E-state index contributed by atoms with van der Waals surface area (Å²) in [6.45, 7) is 3.89. The van der Waals surface area contributed by atoms with Crippen LogP contribution in [-0.2, 0) is 17.8 Å². The number of aryl methyl sites for hydroxylation is 2. The molecule has 0 aliphatic carbocycles. The van der Waals surface area contributed by atoms with Gasteiger partial charge in [0.15, 0.2) is 0 Å². The van der Waals surface area contributed by atoms with E-state index in [1.165, 1.54) is 5.56 Å². The van der Waals surface area contributed by atoms with E-state index in [-0.39, 0.29) is 11.9 Å².